The third-order valence-corrected chi connectivity index (χ3v) is 4.06. The van der Waals surface area contributed by atoms with Crippen LogP contribution in [0.4, 0.5) is 11.4 Å². The molecule has 0 aliphatic rings. The van der Waals surface area contributed by atoms with Crippen LogP contribution in [0.5, 0.6) is 5.75 Å². The van der Waals surface area contributed by atoms with Crippen molar-refractivity contribution in [2.24, 2.45) is 0 Å². The maximum atomic E-state index is 12.4. The number of halogens is 2. The van der Waals surface area contributed by atoms with Gasteiger partial charge in [0.25, 0.3) is 0 Å². The van der Waals surface area contributed by atoms with Gasteiger partial charge in [-0.05, 0) is 50.2 Å². The van der Waals surface area contributed by atoms with Gasteiger partial charge in [-0.2, -0.15) is 0 Å². The molecule has 0 heterocycles. The zero-order chi connectivity index (χ0) is 19.3. The largest absolute Gasteiger partial charge is 0.491 e. The van der Waals surface area contributed by atoms with Crippen LogP contribution in [0.3, 0.4) is 0 Å². The van der Waals surface area contributed by atoms with E-state index in [9.17, 15) is 9.59 Å². The third-order valence-electron chi connectivity index (χ3n) is 3.43. The van der Waals surface area contributed by atoms with Crippen LogP contribution in [0, 0.1) is 0 Å². The number of benzene rings is 2. The highest BCUT2D eigenvalue weighted by molar-refractivity contribution is 6.39. The second kappa shape index (κ2) is 8.92. The second-order valence-electron chi connectivity index (χ2n) is 5.91. The van der Waals surface area contributed by atoms with E-state index < -0.39 is 5.91 Å². The first-order valence-electron chi connectivity index (χ1n) is 8.06. The Morgan fingerprint density at radius 2 is 1.65 bits per heavy atom. The van der Waals surface area contributed by atoms with Gasteiger partial charge in [-0.15, -0.1) is 0 Å². The Kier molecular flexibility index (Phi) is 6.89. The summed E-state index contributed by atoms with van der Waals surface area (Å²) in [6.07, 6.45) is 0.0518. The number of nitrogens with zero attached hydrogens (tertiary/aromatic N) is 1. The van der Waals surface area contributed by atoms with E-state index >= 15 is 0 Å². The monoisotopic (exact) mass is 394 g/mol. The molecular weight excluding hydrogens is 375 g/mol. The molecule has 0 fully saturated rings. The van der Waals surface area contributed by atoms with Crippen molar-refractivity contribution in [1.29, 1.82) is 0 Å². The lowest BCUT2D eigenvalue weighted by Gasteiger charge is -2.21. The molecule has 0 bridgehead atoms. The summed E-state index contributed by atoms with van der Waals surface area (Å²) in [6.45, 7) is 5.09. The van der Waals surface area contributed by atoms with Gasteiger partial charge in [0.05, 0.1) is 21.8 Å². The summed E-state index contributed by atoms with van der Waals surface area (Å²) in [7, 11) is 0. The summed E-state index contributed by atoms with van der Waals surface area (Å²) in [5, 5.41) is 3.31. The molecule has 1 N–H and O–H groups in total. The molecule has 0 atom stereocenters. The molecule has 26 heavy (non-hydrogen) atoms. The maximum absolute atomic E-state index is 12.4. The molecule has 0 radical (unpaired) electrons. The van der Waals surface area contributed by atoms with Crippen molar-refractivity contribution < 1.29 is 14.3 Å². The minimum atomic E-state index is -0.405. The zero-order valence-corrected chi connectivity index (χ0v) is 16.3. The minimum Gasteiger partial charge on any atom is -0.491 e. The lowest BCUT2D eigenvalue weighted by molar-refractivity contribution is -0.120. The molecule has 138 valence electrons. The Morgan fingerprint density at radius 3 is 2.15 bits per heavy atom. The molecule has 0 spiro atoms. The van der Waals surface area contributed by atoms with Crippen LogP contribution in [0.1, 0.15) is 20.8 Å². The SMILES string of the molecule is CC(=O)N(CC(=O)Nc1c(Cl)cccc1Cl)c1ccc(OC(C)C)cc1. The van der Waals surface area contributed by atoms with E-state index in [1.54, 1.807) is 42.5 Å². The number of rotatable bonds is 6. The van der Waals surface area contributed by atoms with E-state index in [0.717, 1.165) is 0 Å². The Bertz CT molecular complexity index is 772. The van der Waals surface area contributed by atoms with Gasteiger partial charge in [0.1, 0.15) is 12.3 Å². The standard InChI is InChI=1S/C19H20Cl2N2O3/c1-12(2)26-15-9-7-14(8-10-15)23(13(3)24)11-18(25)22-19-16(20)5-4-6-17(19)21/h4-10,12H,11H2,1-3H3,(H,22,25). The van der Waals surface area contributed by atoms with Crippen molar-refractivity contribution in [2.45, 2.75) is 26.9 Å². The highest BCUT2D eigenvalue weighted by atomic mass is 35.5. The summed E-state index contributed by atoms with van der Waals surface area (Å²) in [6, 6.07) is 11.9. The number of anilines is 2. The molecule has 2 amide bonds. The van der Waals surface area contributed by atoms with Gasteiger partial charge in [-0.25, -0.2) is 0 Å². The van der Waals surface area contributed by atoms with Gasteiger partial charge in [0.2, 0.25) is 11.8 Å². The molecule has 5 nitrogen and oxygen atoms in total. The van der Waals surface area contributed by atoms with Crippen molar-refractivity contribution in [2.75, 3.05) is 16.8 Å². The smallest absolute Gasteiger partial charge is 0.244 e. The van der Waals surface area contributed by atoms with E-state index in [1.807, 2.05) is 13.8 Å². The van der Waals surface area contributed by atoms with Crippen LogP contribution in [0.15, 0.2) is 42.5 Å². The third kappa shape index (κ3) is 5.38. The van der Waals surface area contributed by atoms with Crippen LogP contribution < -0.4 is 15.0 Å². The molecule has 0 aliphatic carbocycles. The molecule has 2 aromatic carbocycles. The number of hydrogen-bond acceptors (Lipinski definition) is 3. The molecule has 2 rings (SSSR count). The van der Waals surface area contributed by atoms with Crippen LogP contribution in [0.25, 0.3) is 0 Å². The fourth-order valence-electron chi connectivity index (χ4n) is 2.30. The normalized spacial score (nSPS) is 10.5. The lowest BCUT2D eigenvalue weighted by atomic mass is 10.2. The fraction of sp³-hybridized carbons (Fsp3) is 0.263. The van der Waals surface area contributed by atoms with Crippen molar-refractivity contribution in [1.82, 2.24) is 0 Å². The average Bonchev–Trinajstić information content (AvgIpc) is 2.56. The first kappa shape index (κ1) is 20.1. The number of hydrogen-bond donors (Lipinski definition) is 1. The van der Waals surface area contributed by atoms with Gasteiger partial charge in [0, 0.05) is 12.6 Å². The summed E-state index contributed by atoms with van der Waals surface area (Å²) in [5.74, 6) is 0.0280. The number of ether oxygens (including phenoxy) is 1. The summed E-state index contributed by atoms with van der Waals surface area (Å²) < 4.78 is 5.58. The first-order valence-corrected chi connectivity index (χ1v) is 8.82. The predicted octanol–water partition coefficient (Wildman–Crippen LogP) is 4.77. The van der Waals surface area contributed by atoms with Crippen molar-refractivity contribution >= 4 is 46.4 Å². The topological polar surface area (TPSA) is 58.6 Å². The first-order chi connectivity index (χ1) is 12.3. The molecular formula is C19H20Cl2N2O3. The minimum absolute atomic E-state index is 0.0518. The van der Waals surface area contributed by atoms with Crippen LogP contribution in [0.2, 0.25) is 10.0 Å². The maximum Gasteiger partial charge on any atom is 0.244 e. The number of para-hydroxylation sites is 1. The molecule has 0 saturated heterocycles. The van der Waals surface area contributed by atoms with Crippen molar-refractivity contribution in [3.63, 3.8) is 0 Å². The predicted molar refractivity (Wildman–Crippen MR) is 105 cm³/mol. The quantitative estimate of drug-likeness (QED) is 0.767. The second-order valence-corrected chi connectivity index (χ2v) is 6.72. The van der Waals surface area contributed by atoms with Crippen molar-refractivity contribution in [3.05, 3.63) is 52.5 Å². The molecule has 0 aliphatic heterocycles. The van der Waals surface area contributed by atoms with Crippen LogP contribution in [-0.2, 0) is 9.59 Å². The zero-order valence-electron chi connectivity index (χ0n) is 14.8. The van der Waals surface area contributed by atoms with E-state index in [0.29, 0.717) is 27.2 Å². The number of carbonyl (C=O) groups excluding carboxylic acids is 2. The van der Waals surface area contributed by atoms with Gasteiger partial charge in [-0.1, -0.05) is 29.3 Å². The molecule has 2 aromatic rings. The van der Waals surface area contributed by atoms with E-state index in [-0.39, 0.29) is 18.6 Å². The molecule has 0 aromatic heterocycles. The van der Waals surface area contributed by atoms with Gasteiger partial charge >= 0.3 is 0 Å². The summed E-state index contributed by atoms with van der Waals surface area (Å²) >= 11 is 12.1. The van der Waals surface area contributed by atoms with Crippen LogP contribution >= 0.6 is 23.2 Å². The summed E-state index contributed by atoms with van der Waals surface area (Å²) in [5.41, 5.74) is 0.916. The molecule has 0 unspecified atom stereocenters. The fourth-order valence-corrected chi connectivity index (χ4v) is 2.79. The van der Waals surface area contributed by atoms with E-state index in [4.69, 9.17) is 27.9 Å². The van der Waals surface area contributed by atoms with Crippen molar-refractivity contribution in [3.8, 4) is 5.75 Å². The van der Waals surface area contributed by atoms with Gasteiger partial charge in [-0.3, -0.25) is 9.59 Å². The Hall–Kier alpha value is -2.24. The number of amides is 2. The van der Waals surface area contributed by atoms with Crippen LogP contribution in [-0.4, -0.2) is 24.5 Å². The van der Waals surface area contributed by atoms with E-state index in [2.05, 4.69) is 5.32 Å². The Labute approximate surface area is 162 Å². The highest BCUT2D eigenvalue weighted by Gasteiger charge is 2.17. The number of carbonyl (C=O) groups is 2. The van der Waals surface area contributed by atoms with Gasteiger partial charge in [0.15, 0.2) is 0 Å². The molecule has 7 heteroatoms. The Morgan fingerprint density at radius 1 is 1.08 bits per heavy atom. The highest BCUT2D eigenvalue weighted by Crippen LogP contribution is 2.30. The lowest BCUT2D eigenvalue weighted by Crippen LogP contribution is -2.36. The molecule has 0 saturated carbocycles. The number of nitrogens with one attached hydrogen (secondary N) is 1. The average molecular weight is 395 g/mol. The van der Waals surface area contributed by atoms with Gasteiger partial charge < -0.3 is 15.0 Å². The Balaban J connectivity index is 2.12. The summed E-state index contributed by atoms with van der Waals surface area (Å²) in [4.78, 5) is 25.7. The van der Waals surface area contributed by atoms with E-state index in [1.165, 1.54) is 11.8 Å².